The minimum absolute atomic E-state index is 0.000701. The van der Waals surface area contributed by atoms with Gasteiger partial charge in [0, 0.05) is 19.5 Å². The summed E-state index contributed by atoms with van der Waals surface area (Å²) >= 11 is 13.1. The molecular formula is C27H24Br2ClNO5S. The minimum Gasteiger partial charge on any atom is -0.465 e. The molecule has 3 aromatic rings. The van der Waals surface area contributed by atoms with Crippen LogP contribution in [0.15, 0.2) is 81.7 Å². The predicted molar refractivity (Wildman–Crippen MR) is 150 cm³/mol. The van der Waals surface area contributed by atoms with E-state index in [1.54, 1.807) is 55.3 Å². The summed E-state index contributed by atoms with van der Waals surface area (Å²) in [5, 5.41) is -2.79. The first-order valence-electron chi connectivity index (χ1n) is 11.5. The lowest BCUT2D eigenvalue weighted by Crippen LogP contribution is -2.59. The van der Waals surface area contributed by atoms with Crippen LogP contribution in [0, 0.1) is 0 Å². The van der Waals surface area contributed by atoms with E-state index in [4.69, 9.17) is 16.3 Å². The number of hydrogen-bond donors (Lipinski definition) is 0. The number of halogens is 3. The number of ether oxygens (including phenoxy) is 1. The van der Waals surface area contributed by atoms with Crippen molar-refractivity contribution >= 4 is 65.1 Å². The number of ketones is 1. The van der Waals surface area contributed by atoms with Gasteiger partial charge in [-0.2, -0.15) is 0 Å². The number of benzene rings is 3. The summed E-state index contributed by atoms with van der Waals surface area (Å²) < 4.78 is 35.4. The summed E-state index contributed by atoms with van der Waals surface area (Å²) in [7, 11) is -2.71. The van der Waals surface area contributed by atoms with Crippen molar-refractivity contribution < 1.29 is 22.7 Å². The van der Waals surface area contributed by atoms with Crippen molar-refractivity contribution in [3.63, 3.8) is 0 Å². The molecule has 10 heteroatoms. The molecule has 4 unspecified atom stereocenters. The van der Waals surface area contributed by atoms with Crippen LogP contribution in [0.2, 0.25) is 5.02 Å². The van der Waals surface area contributed by atoms with E-state index in [1.807, 2.05) is 12.1 Å². The average Bonchev–Trinajstić information content (AvgIpc) is 2.86. The topological polar surface area (TPSA) is 80.8 Å². The van der Waals surface area contributed by atoms with E-state index in [2.05, 4.69) is 31.9 Å². The number of carbonyl (C=O) groups is 2. The van der Waals surface area contributed by atoms with Gasteiger partial charge in [0.1, 0.15) is 5.25 Å². The standard InChI is InChI=1S/C27H24Br2ClNO5S/c1-3-36-27(33)26-23(19-9-5-7-11-21(19)29)31(2)22(18-8-4-6-10-20(18)28)25(37(26,34)35)24(32)16-12-14-17(30)15-13-16/h4-15,22-23,25-26H,3H2,1-2H3. The highest BCUT2D eigenvalue weighted by molar-refractivity contribution is 9.10. The lowest BCUT2D eigenvalue weighted by molar-refractivity contribution is -0.144. The second-order valence-electron chi connectivity index (χ2n) is 8.65. The third kappa shape index (κ3) is 5.29. The molecule has 4 rings (SSSR count). The Balaban J connectivity index is 2.00. The zero-order valence-electron chi connectivity index (χ0n) is 20.0. The van der Waals surface area contributed by atoms with E-state index < -0.39 is 44.2 Å². The van der Waals surface area contributed by atoms with Gasteiger partial charge in [0.15, 0.2) is 20.9 Å². The molecule has 37 heavy (non-hydrogen) atoms. The van der Waals surface area contributed by atoms with Gasteiger partial charge in [-0.3, -0.25) is 14.5 Å². The summed E-state index contributed by atoms with van der Waals surface area (Å²) in [6.45, 7) is 1.62. The van der Waals surface area contributed by atoms with E-state index in [0.29, 0.717) is 25.1 Å². The molecule has 0 aromatic heterocycles. The molecule has 1 aliphatic rings. The van der Waals surface area contributed by atoms with Crippen molar-refractivity contribution in [3.8, 4) is 0 Å². The molecule has 6 nitrogen and oxygen atoms in total. The fourth-order valence-electron chi connectivity index (χ4n) is 4.87. The van der Waals surface area contributed by atoms with Crippen molar-refractivity contribution in [1.29, 1.82) is 0 Å². The van der Waals surface area contributed by atoms with Gasteiger partial charge in [0.05, 0.1) is 18.7 Å². The number of sulfone groups is 1. The van der Waals surface area contributed by atoms with Crippen molar-refractivity contribution in [2.24, 2.45) is 0 Å². The Morgan fingerprint density at radius 2 is 1.35 bits per heavy atom. The molecule has 0 spiro atoms. The maximum absolute atomic E-state index is 14.4. The summed E-state index contributed by atoms with van der Waals surface area (Å²) in [6, 6.07) is 18.6. The van der Waals surface area contributed by atoms with Crippen molar-refractivity contribution in [3.05, 3.63) is 103 Å². The zero-order chi connectivity index (χ0) is 26.9. The lowest BCUT2D eigenvalue weighted by atomic mass is 9.91. The molecule has 0 saturated carbocycles. The molecule has 0 radical (unpaired) electrons. The predicted octanol–water partition coefficient (Wildman–Crippen LogP) is 6.19. The maximum Gasteiger partial charge on any atom is 0.326 e. The van der Waals surface area contributed by atoms with Crippen LogP contribution >= 0.6 is 43.5 Å². The number of esters is 1. The average molecular weight is 670 g/mol. The van der Waals surface area contributed by atoms with Crippen LogP contribution in [0.5, 0.6) is 0 Å². The van der Waals surface area contributed by atoms with Gasteiger partial charge >= 0.3 is 5.97 Å². The van der Waals surface area contributed by atoms with Gasteiger partial charge in [-0.1, -0.05) is 79.9 Å². The van der Waals surface area contributed by atoms with Gasteiger partial charge in [0.2, 0.25) is 0 Å². The molecule has 4 atom stereocenters. The van der Waals surface area contributed by atoms with E-state index in [0.717, 1.165) is 0 Å². The third-order valence-corrected chi connectivity index (χ3v) is 10.5. The van der Waals surface area contributed by atoms with Crippen LogP contribution in [0.25, 0.3) is 0 Å². The normalized spacial score (nSPS) is 23.4. The van der Waals surface area contributed by atoms with Crippen molar-refractivity contribution in [1.82, 2.24) is 4.90 Å². The van der Waals surface area contributed by atoms with E-state index in [1.165, 1.54) is 24.3 Å². The van der Waals surface area contributed by atoms with Crippen LogP contribution < -0.4 is 0 Å². The Bertz CT molecular complexity index is 1430. The number of rotatable bonds is 6. The second kappa shape index (κ2) is 11.4. The SMILES string of the molecule is CCOC(=O)C1C(c2ccccc2Br)N(C)C(c2ccccc2Br)C(C(=O)c2ccc(Cl)cc2)S1(=O)=O. The molecule has 3 aromatic carbocycles. The highest BCUT2D eigenvalue weighted by Gasteiger charge is 2.59. The summed E-state index contributed by atoms with van der Waals surface area (Å²) in [4.78, 5) is 29.1. The Labute approximate surface area is 238 Å². The first-order chi connectivity index (χ1) is 17.6. The van der Waals surface area contributed by atoms with Gasteiger partial charge in [-0.25, -0.2) is 8.42 Å². The number of carbonyl (C=O) groups excluding carboxylic acids is 2. The molecule has 1 aliphatic heterocycles. The first kappa shape index (κ1) is 28.0. The van der Waals surface area contributed by atoms with Crippen LogP contribution in [0.3, 0.4) is 0 Å². The molecule has 1 fully saturated rings. The van der Waals surface area contributed by atoms with Gasteiger partial charge < -0.3 is 4.74 Å². The summed E-state index contributed by atoms with van der Waals surface area (Å²) in [5.74, 6) is -1.52. The molecule has 0 aliphatic carbocycles. The number of nitrogens with zero attached hydrogens (tertiary/aromatic N) is 1. The minimum atomic E-state index is -4.44. The van der Waals surface area contributed by atoms with Crippen LogP contribution in [0.1, 0.15) is 40.5 Å². The Morgan fingerprint density at radius 3 is 1.84 bits per heavy atom. The fourth-order valence-corrected chi connectivity index (χ4v) is 8.52. The smallest absolute Gasteiger partial charge is 0.326 e. The highest BCUT2D eigenvalue weighted by Crippen LogP contribution is 2.48. The molecule has 0 amide bonds. The maximum atomic E-state index is 14.4. The number of Topliss-reactive ketones (excluding diaryl/α,β-unsaturated/α-hetero) is 1. The lowest BCUT2D eigenvalue weighted by Gasteiger charge is -2.47. The monoisotopic (exact) mass is 667 g/mol. The quantitative estimate of drug-likeness (QED) is 0.230. The van der Waals surface area contributed by atoms with Gasteiger partial charge in [-0.15, -0.1) is 0 Å². The Kier molecular flexibility index (Phi) is 8.60. The number of hydrogen-bond acceptors (Lipinski definition) is 6. The fraction of sp³-hybridized carbons (Fsp3) is 0.259. The van der Waals surface area contributed by atoms with Crippen molar-refractivity contribution in [2.45, 2.75) is 29.5 Å². The van der Waals surface area contributed by atoms with E-state index in [9.17, 15) is 18.0 Å². The molecule has 0 N–H and O–H groups in total. The van der Waals surface area contributed by atoms with Gasteiger partial charge in [0.25, 0.3) is 0 Å². The highest BCUT2D eigenvalue weighted by atomic mass is 79.9. The Hall–Kier alpha value is -2.04. The zero-order valence-corrected chi connectivity index (χ0v) is 24.7. The summed E-state index contributed by atoms with van der Waals surface area (Å²) in [5.41, 5.74) is 1.40. The molecule has 0 bridgehead atoms. The van der Waals surface area contributed by atoms with E-state index >= 15 is 0 Å². The van der Waals surface area contributed by atoms with E-state index in [-0.39, 0.29) is 12.2 Å². The third-order valence-electron chi connectivity index (χ3n) is 6.51. The molecular weight excluding hydrogens is 646 g/mol. The molecule has 194 valence electrons. The largest absolute Gasteiger partial charge is 0.465 e. The molecule has 1 saturated heterocycles. The summed E-state index contributed by atoms with van der Waals surface area (Å²) in [6.07, 6.45) is 0. The van der Waals surface area contributed by atoms with Crippen molar-refractivity contribution in [2.75, 3.05) is 13.7 Å². The van der Waals surface area contributed by atoms with Crippen LogP contribution in [-0.2, 0) is 19.4 Å². The van der Waals surface area contributed by atoms with Crippen LogP contribution in [0.4, 0.5) is 0 Å². The first-order valence-corrected chi connectivity index (χ1v) is 15.1. The van der Waals surface area contributed by atoms with Gasteiger partial charge in [-0.05, 0) is 61.5 Å². The Morgan fingerprint density at radius 1 is 0.865 bits per heavy atom. The second-order valence-corrected chi connectivity index (χ2v) is 13.0. The molecule has 1 heterocycles. The van der Waals surface area contributed by atoms with Crippen LogP contribution in [-0.4, -0.2) is 49.2 Å².